The van der Waals surface area contributed by atoms with Crippen molar-refractivity contribution in [3.63, 3.8) is 0 Å². The highest BCUT2D eigenvalue weighted by molar-refractivity contribution is 7.98. The quantitative estimate of drug-likeness (QED) is 0.415. The zero-order valence-electron chi connectivity index (χ0n) is 14.7. The Bertz CT molecular complexity index is 1060. The van der Waals surface area contributed by atoms with Gasteiger partial charge in [-0.15, -0.1) is 10.2 Å². The van der Waals surface area contributed by atoms with Crippen molar-refractivity contribution in [1.82, 2.24) is 19.7 Å². The highest BCUT2D eigenvalue weighted by Gasteiger charge is 2.16. The van der Waals surface area contributed by atoms with E-state index in [2.05, 4.69) is 46.4 Å². The number of pyridine rings is 1. The van der Waals surface area contributed by atoms with Crippen molar-refractivity contribution in [2.24, 2.45) is 0 Å². The lowest BCUT2D eigenvalue weighted by atomic mass is 10.2. The molecule has 0 saturated heterocycles. The van der Waals surface area contributed by atoms with Crippen molar-refractivity contribution in [2.45, 2.75) is 17.8 Å². The van der Waals surface area contributed by atoms with Crippen LogP contribution >= 0.6 is 23.4 Å². The molecule has 6 heteroatoms. The van der Waals surface area contributed by atoms with Crippen LogP contribution in [0.2, 0.25) is 5.02 Å². The van der Waals surface area contributed by atoms with Gasteiger partial charge in [-0.2, -0.15) is 0 Å². The molecule has 0 aliphatic rings. The maximum absolute atomic E-state index is 6.23. The molecular formula is C21H17ClN4S. The van der Waals surface area contributed by atoms with Crippen LogP contribution in [0.1, 0.15) is 11.1 Å². The van der Waals surface area contributed by atoms with E-state index in [0.29, 0.717) is 5.02 Å². The van der Waals surface area contributed by atoms with Crippen LogP contribution in [0.4, 0.5) is 0 Å². The first-order valence-corrected chi connectivity index (χ1v) is 9.87. The van der Waals surface area contributed by atoms with Gasteiger partial charge in [0, 0.05) is 28.7 Å². The summed E-state index contributed by atoms with van der Waals surface area (Å²) >= 11 is 7.88. The second kappa shape index (κ2) is 7.94. The smallest absolute Gasteiger partial charge is 0.196 e. The van der Waals surface area contributed by atoms with Gasteiger partial charge in [-0.25, -0.2) is 0 Å². The highest BCUT2D eigenvalue weighted by Crippen LogP contribution is 2.30. The molecular weight excluding hydrogens is 376 g/mol. The molecule has 0 radical (unpaired) electrons. The van der Waals surface area contributed by atoms with E-state index in [0.717, 1.165) is 28.0 Å². The van der Waals surface area contributed by atoms with Gasteiger partial charge in [0.1, 0.15) is 0 Å². The van der Waals surface area contributed by atoms with E-state index < -0.39 is 0 Å². The predicted octanol–water partition coefficient (Wildman–Crippen LogP) is 5.58. The molecule has 27 heavy (non-hydrogen) atoms. The first-order valence-electron chi connectivity index (χ1n) is 8.51. The Kier molecular flexibility index (Phi) is 5.23. The number of hydrogen-bond acceptors (Lipinski definition) is 4. The third-order valence-electron chi connectivity index (χ3n) is 4.07. The zero-order valence-corrected chi connectivity index (χ0v) is 16.3. The van der Waals surface area contributed by atoms with Crippen LogP contribution in [0.3, 0.4) is 0 Å². The molecule has 0 aliphatic carbocycles. The third-order valence-corrected chi connectivity index (χ3v) is 5.31. The summed E-state index contributed by atoms with van der Waals surface area (Å²) < 4.78 is 2.03. The molecule has 0 bridgehead atoms. The number of hydrogen-bond donors (Lipinski definition) is 0. The topological polar surface area (TPSA) is 43.6 Å². The van der Waals surface area contributed by atoms with Gasteiger partial charge in [-0.05, 0) is 42.8 Å². The maximum Gasteiger partial charge on any atom is 0.196 e. The van der Waals surface area contributed by atoms with Crippen LogP contribution in [0.25, 0.3) is 17.1 Å². The van der Waals surface area contributed by atoms with Crippen molar-refractivity contribution in [2.75, 3.05) is 0 Å². The van der Waals surface area contributed by atoms with Crippen LogP contribution in [-0.4, -0.2) is 19.7 Å². The minimum atomic E-state index is 0.674. The lowest BCUT2D eigenvalue weighted by Gasteiger charge is -2.11. The zero-order chi connectivity index (χ0) is 18.6. The number of nitrogens with zero attached hydrogens (tertiary/aromatic N) is 4. The monoisotopic (exact) mass is 392 g/mol. The fraction of sp³-hybridized carbons (Fsp3) is 0.0952. The molecule has 134 valence electrons. The van der Waals surface area contributed by atoms with Crippen LogP contribution in [0.15, 0.2) is 78.2 Å². The molecule has 0 unspecified atom stereocenters. The summed E-state index contributed by atoms with van der Waals surface area (Å²) in [5, 5.41) is 10.4. The van der Waals surface area contributed by atoms with E-state index in [1.54, 1.807) is 24.2 Å². The van der Waals surface area contributed by atoms with E-state index in [-0.39, 0.29) is 0 Å². The molecule has 4 rings (SSSR count). The first-order chi connectivity index (χ1) is 13.2. The number of benzene rings is 2. The van der Waals surface area contributed by atoms with Crippen molar-refractivity contribution in [3.8, 4) is 17.1 Å². The molecule has 0 aliphatic heterocycles. The molecule has 0 fully saturated rings. The highest BCUT2D eigenvalue weighted by atomic mass is 35.5. The van der Waals surface area contributed by atoms with Crippen molar-refractivity contribution in [3.05, 3.63) is 89.2 Å². The van der Waals surface area contributed by atoms with E-state index in [9.17, 15) is 0 Å². The average Bonchev–Trinajstić information content (AvgIpc) is 3.11. The molecule has 0 N–H and O–H groups in total. The van der Waals surface area contributed by atoms with Gasteiger partial charge in [-0.3, -0.25) is 9.55 Å². The summed E-state index contributed by atoms with van der Waals surface area (Å²) in [7, 11) is 0. The van der Waals surface area contributed by atoms with Crippen molar-refractivity contribution >= 4 is 23.4 Å². The Morgan fingerprint density at radius 1 is 1.00 bits per heavy atom. The SMILES string of the molecule is Cc1cccc(CSc2nnc(-c3cccnc3)n2-c2cccc(Cl)c2)c1. The summed E-state index contributed by atoms with van der Waals surface area (Å²) in [4.78, 5) is 4.21. The number of aryl methyl sites for hydroxylation is 1. The van der Waals surface area contributed by atoms with Crippen LogP contribution in [-0.2, 0) is 5.75 Å². The Balaban J connectivity index is 1.74. The number of aromatic nitrogens is 4. The van der Waals surface area contributed by atoms with E-state index in [1.165, 1.54) is 11.1 Å². The van der Waals surface area contributed by atoms with E-state index >= 15 is 0 Å². The Hall–Kier alpha value is -2.63. The predicted molar refractivity (Wildman–Crippen MR) is 110 cm³/mol. The lowest BCUT2D eigenvalue weighted by Crippen LogP contribution is -2.00. The van der Waals surface area contributed by atoms with E-state index in [4.69, 9.17) is 11.6 Å². The number of rotatable bonds is 5. The first kappa shape index (κ1) is 17.8. The molecule has 4 aromatic rings. The van der Waals surface area contributed by atoms with Crippen LogP contribution < -0.4 is 0 Å². The van der Waals surface area contributed by atoms with Crippen LogP contribution in [0, 0.1) is 6.92 Å². The van der Waals surface area contributed by atoms with Crippen molar-refractivity contribution < 1.29 is 0 Å². The molecule has 0 saturated carbocycles. The largest absolute Gasteiger partial charge is 0.270 e. The van der Waals surface area contributed by atoms with Gasteiger partial charge in [0.25, 0.3) is 0 Å². The Morgan fingerprint density at radius 2 is 1.89 bits per heavy atom. The van der Waals surface area contributed by atoms with Crippen LogP contribution in [0.5, 0.6) is 0 Å². The standard InChI is InChI=1S/C21H17ClN4S/c1-15-5-2-6-16(11-15)14-27-21-25-24-20(17-7-4-10-23-13-17)26(21)19-9-3-8-18(22)12-19/h2-13H,14H2,1H3. The molecule has 2 heterocycles. The van der Waals surface area contributed by atoms with Gasteiger partial charge >= 0.3 is 0 Å². The summed E-state index contributed by atoms with van der Waals surface area (Å²) in [6, 6.07) is 20.1. The molecule has 0 spiro atoms. The summed E-state index contributed by atoms with van der Waals surface area (Å²) in [6.45, 7) is 2.10. The van der Waals surface area contributed by atoms with Gasteiger partial charge in [0.2, 0.25) is 0 Å². The maximum atomic E-state index is 6.23. The normalized spacial score (nSPS) is 10.9. The second-order valence-electron chi connectivity index (χ2n) is 6.14. The van der Waals surface area contributed by atoms with Gasteiger partial charge in [0.05, 0.1) is 5.69 Å². The minimum Gasteiger partial charge on any atom is -0.270 e. The van der Waals surface area contributed by atoms with Gasteiger partial charge < -0.3 is 0 Å². The summed E-state index contributed by atoms with van der Waals surface area (Å²) in [6.07, 6.45) is 3.54. The molecule has 0 atom stereocenters. The number of thioether (sulfide) groups is 1. The van der Waals surface area contributed by atoms with Crippen molar-refractivity contribution in [1.29, 1.82) is 0 Å². The molecule has 2 aromatic heterocycles. The molecule has 4 nitrogen and oxygen atoms in total. The fourth-order valence-corrected chi connectivity index (χ4v) is 3.92. The summed E-state index contributed by atoms with van der Waals surface area (Å²) in [5.74, 6) is 1.56. The van der Waals surface area contributed by atoms with E-state index in [1.807, 2.05) is 41.0 Å². The van der Waals surface area contributed by atoms with Gasteiger partial charge in [0.15, 0.2) is 11.0 Å². The van der Waals surface area contributed by atoms with Gasteiger partial charge in [-0.1, -0.05) is 59.3 Å². The minimum absolute atomic E-state index is 0.674. The number of halogens is 1. The Morgan fingerprint density at radius 3 is 2.67 bits per heavy atom. The second-order valence-corrected chi connectivity index (χ2v) is 7.52. The third kappa shape index (κ3) is 4.04. The molecule has 2 aromatic carbocycles. The average molecular weight is 393 g/mol. The fourth-order valence-electron chi connectivity index (χ4n) is 2.84. The Labute approximate surface area is 167 Å². The summed E-state index contributed by atoms with van der Waals surface area (Å²) in [5.41, 5.74) is 4.34. The molecule has 0 amide bonds. The lowest BCUT2D eigenvalue weighted by molar-refractivity contribution is 0.886.